The second kappa shape index (κ2) is 14.4. The first-order valence-corrected chi connectivity index (χ1v) is 15.3. The Labute approximate surface area is 281 Å². The Morgan fingerprint density at radius 1 is 0.617 bits per heavy atom. The summed E-state index contributed by atoms with van der Waals surface area (Å²) in [7, 11) is 0. The van der Waals surface area contributed by atoms with E-state index in [1.54, 1.807) is 48.5 Å². The Kier molecular flexibility index (Phi) is 10.3. The Hall–Kier alpha value is -4.70. The third-order valence-electron chi connectivity index (χ3n) is 7.54. The molecule has 1 unspecified atom stereocenters. The molecule has 4 aromatic rings. The molecule has 0 spiro atoms. The van der Waals surface area contributed by atoms with Crippen molar-refractivity contribution in [3.05, 3.63) is 140 Å². The minimum Gasteiger partial charge on any atom is -0.459 e. The van der Waals surface area contributed by atoms with E-state index in [2.05, 4.69) is 0 Å². The summed E-state index contributed by atoms with van der Waals surface area (Å²) in [5.74, 6) is -3.10. The van der Waals surface area contributed by atoms with E-state index in [-0.39, 0.29) is 22.3 Å². The van der Waals surface area contributed by atoms with Gasteiger partial charge in [0.15, 0.2) is 6.10 Å². The van der Waals surface area contributed by atoms with Crippen molar-refractivity contribution in [3.63, 3.8) is 0 Å². The molecule has 5 rings (SSSR count). The molecule has 0 amide bonds. The molecular weight excluding hydrogens is 647 g/mol. The maximum atomic E-state index is 13.5. The van der Waals surface area contributed by atoms with Crippen LogP contribution in [0.3, 0.4) is 0 Å². The van der Waals surface area contributed by atoms with Crippen LogP contribution in [0.1, 0.15) is 59.5 Å². The molecule has 0 radical (unpaired) electrons. The van der Waals surface area contributed by atoms with Crippen LogP contribution in [-0.2, 0) is 23.7 Å². The minimum atomic E-state index is -1.91. The first-order valence-electron chi connectivity index (χ1n) is 14.6. The van der Waals surface area contributed by atoms with Crippen molar-refractivity contribution in [2.24, 2.45) is 0 Å². The molecule has 0 bridgehead atoms. The summed E-state index contributed by atoms with van der Waals surface area (Å²) in [6.45, 7) is 4.69. The lowest BCUT2D eigenvalue weighted by Crippen LogP contribution is -2.53. The largest absolute Gasteiger partial charge is 0.459 e. The molecule has 1 saturated heterocycles. The summed E-state index contributed by atoms with van der Waals surface area (Å²) in [5.41, 5.74) is 0.671. The quantitative estimate of drug-likeness (QED) is 0.134. The lowest BCUT2D eigenvalue weighted by atomic mass is 9.96. The van der Waals surface area contributed by atoms with Crippen molar-refractivity contribution >= 4 is 47.1 Å². The normalized spacial score (nSPS) is 20.2. The number of aryl methyl sites for hydroxylation is 2. The molecule has 1 aliphatic rings. The van der Waals surface area contributed by atoms with E-state index in [1.165, 1.54) is 55.5 Å². The van der Waals surface area contributed by atoms with Gasteiger partial charge in [-0.3, -0.25) is 0 Å². The van der Waals surface area contributed by atoms with Crippen LogP contribution in [0, 0.1) is 13.8 Å². The van der Waals surface area contributed by atoms with Gasteiger partial charge in [-0.1, -0.05) is 58.6 Å². The molecule has 242 valence electrons. The van der Waals surface area contributed by atoms with E-state index in [0.29, 0.717) is 10.0 Å². The molecule has 1 fully saturated rings. The van der Waals surface area contributed by atoms with Crippen molar-refractivity contribution in [2.45, 2.75) is 44.9 Å². The van der Waals surface area contributed by atoms with Gasteiger partial charge >= 0.3 is 23.9 Å². The topological polar surface area (TPSA) is 114 Å². The third-order valence-corrected chi connectivity index (χ3v) is 8.05. The van der Waals surface area contributed by atoms with E-state index >= 15 is 0 Å². The highest BCUT2D eigenvalue weighted by atomic mass is 35.5. The summed E-state index contributed by atoms with van der Waals surface area (Å²) in [5, 5.41) is 0.830. The summed E-state index contributed by atoms with van der Waals surface area (Å²) >= 11 is 12.0. The predicted octanol–water partition coefficient (Wildman–Crippen LogP) is 7.19. The van der Waals surface area contributed by atoms with Crippen LogP contribution in [0.4, 0.5) is 0 Å². The van der Waals surface area contributed by atoms with Crippen LogP contribution in [0.15, 0.2) is 97.1 Å². The Morgan fingerprint density at radius 2 is 1.02 bits per heavy atom. The SMILES string of the molecule is Cc1ccc(C(=O)OC2O[C@H](COC(=O)c3ccc(Cl)cc3)[C@@H](OC(=O)c3ccc(Cl)cc3)[C@@]2(C)OC(=O)c2ccc(C)cc2)cc1. The molecule has 0 N–H and O–H groups in total. The van der Waals surface area contributed by atoms with E-state index in [4.69, 9.17) is 46.9 Å². The summed E-state index contributed by atoms with van der Waals surface area (Å²) in [6.07, 6.45) is -4.25. The summed E-state index contributed by atoms with van der Waals surface area (Å²) in [6, 6.07) is 25.2. The van der Waals surface area contributed by atoms with Gasteiger partial charge in [0.2, 0.25) is 11.9 Å². The average Bonchev–Trinajstić information content (AvgIpc) is 3.30. The molecule has 11 heteroatoms. The van der Waals surface area contributed by atoms with Crippen molar-refractivity contribution in [3.8, 4) is 0 Å². The smallest absolute Gasteiger partial charge is 0.340 e. The van der Waals surface area contributed by atoms with Crippen LogP contribution in [-0.4, -0.2) is 54.6 Å². The molecule has 4 aromatic carbocycles. The fourth-order valence-corrected chi connectivity index (χ4v) is 5.09. The number of carbonyl (C=O) groups excluding carboxylic acids is 4. The zero-order valence-electron chi connectivity index (χ0n) is 25.6. The number of ether oxygens (including phenoxy) is 5. The van der Waals surface area contributed by atoms with Gasteiger partial charge in [0.25, 0.3) is 0 Å². The van der Waals surface area contributed by atoms with Gasteiger partial charge in [-0.2, -0.15) is 0 Å². The molecule has 4 atom stereocenters. The molecule has 1 aliphatic heterocycles. The lowest BCUT2D eigenvalue weighted by molar-refractivity contribution is -0.175. The van der Waals surface area contributed by atoms with Gasteiger partial charge in [0, 0.05) is 10.0 Å². The monoisotopic (exact) mass is 676 g/mol. The second-order valence-electron chi connectivity index (χ2n) is 11.2. The predicted molar refractivity (Wildman–Crippen MR) is 173 cm³/mol. The number of benzene rings is 4. The number of carbonyl (C=O) groups is 4. The minimum absolute atomic E-state index is 0.138. The fraction of sp³-hybridized carbons (Fsp3) is 0.222. The maximum absolute atomic E-state index is 13.5. The molecule has 1 heterocycles. The van der Waals surface area contributed by atoms with Gasteiger partial charge < -0.3 is 23.7 Å². The standard InChI is InChI=1S/C36H30Cl2O9/c1-21-4-8-24(9-5-21)33(41)46-35-36(3,47-34(42)26-10-6-22(2)7-11-26)30(45-32(40)25-14-18-28(38)19-15-25)29(44-35)20-43-31(39)23-12-16-27(37)17-13-23/h4-19,29-30,35H,20H2,1-3H3/t29-,30-,35?,36-/m1/s1. The van der Waals surface area contributed by atoms with Crippen LogP contribution in [0.25, 0.3) is 0 Å². The highest BCUT2D eigenvalue weighted by molar-refractivity contribution is 6.31. The summed E-state index contributed by atoms with van der Waals surface area (Å²) in [4.78, 5) is 53.1. The van der Waals surface area contributed by atoms with Gasteiger partial charge in [0.05, 0.1) is 22.3 Å². The van der Waals surface area contributed by atoms with Crippen LogP contribution in [0.2, 0.25) is 10.0 Å². The second-order valence-corrected chi connectivity index (χ2v) is 12.0. The van der Waals surface area contributed by atoms with Gasteiger partial charge in [0.1, 0.15) is 12.7 Å². The number of rotatable bonds is 9. The van der Waals surface area contributed by atoms with Gasteiger partial charge in [-0.15, -0.1) is 0 Å². The molecular formula is C36H30Cl2O9. The van der Waals surface area contributed by atoms with Gasteiger partial charge in [-0.05, 0) is 93.6 Å². The third kappa shape index (κ3) is 8.00. The van der Waals surface area contributed by atoms with E-state index < -0.39 is 54.6 Å². The zero-order valence-corrected chi connectivity index (χ0v) is 27.1. The number of esters is 4. The van der Waals surface area contributed by atoms with Crippen molar-refractivity contribution in [1.82, 2.24) is 0 Å². The lowest BCUT2D eigenvalue weighted by Gasteiger charge is -2.33. The molecule has 0 aliphatic carbocycles. The molecule has 9 nitrogen and oxygen atoms in total. The van der Waals surface area contributed by atoms with E-state index in [1.807, 2.05) is 13.8 Å². The summed E-state index contributed by atoms with van der Waals surface area (Å²) < 4.78 is 29.3. The first-order chi connectivity index (χ1) is 22.4. The zero-order chi connectivity index (χ0) is 33.7. The van der Waals surface area contributed by atoms with E-state index in [9.17, 15) is 19.2 Å². The highest BCUT2D eigenvalue weighted by Gasteiger charge is 2.61. The first kappa shape index (κ1) is 33.7. The van der Waals surface area contributed by atoms with E-state index in [0.717, 1.165) is 11.1 Å². The Balaban J connectivity index is 1.49. The molecule has 0 saturated carbocycles. The number of halogens is 2. The highest BCUT2D eigenvalue weighted by Crippen LogP contribution is 2.39. The Morgan fingerprint density at radius 3 is 1.51 bits per heavy atom. The molecule has 0 aromatic heterocycles. The number of hydrogen-bond acceptors (Lipinski definition) is 9. The van der Waals surface area contributed by atoms with Crippen molar-refractivity contribution in [1.29, 1.82) is 0 Å². The van der Waals surface area contributed by atoms with Crippen molar-refractivity contribution < 1.29 is 42.9 Å². The molecule has 47 heavy (non-hydrogen) atoms. The van der Waals surface area contributed by atoms with Crippen LogP contribution >= 0.6 is 23.2 Å². The van der Waals surface area contributed by atoms with Crippen LogP contribution < -0.4 is 0 Å². The average molecular weight is 678 g/mol. The Bertz CT molecular complexity index is 1750. The van der Waals surface area contributed by atoms with Crippen molar-refractivity contribution in [2.75, 3.05) is 6.61 Å². The maximum Gasteiger partial charge on any atom is 0.340 e. The number of hydrogen-bond donors (Lipinski definition) is 0. The fourth-order valence-electron chi connectivity index (χ4n) is 4.84. The van der Waals surface area contributed by atoms with Gasteiger partial charge in [-0.25, -0.2) is 19.2 Å². The van der Waals surface area contributed by atoms with Crippen LogP contribution in [0.5, 0.6) is 0 Å².